The maximum atomic E-state index is 11.5. The number of fused-ring (bicyclic) bond motifs is 1. The molecule has 0 unspecified atom stereocenters. The highest BCUT2D eigenvalue weighted by molar-refractivity contribution is 7.90. The molecule has 3 rings (SSSR count). The van der Waals surface area contributed by atoms with Gasteiger partial charge in [-0.3, -0.25) is 0 Å². The standard InChI is InChI=1S/C17H18N2O2S2/c1-23(20,21)15-10-8-14(9-11-15)18-17(22)19-12-4-6-13-5-2-3-7-16(13)19/h2-3,5,7-11H,4,6,12H2,1H3,(H,18,22). The molecule has 0 bridgehead atoms. The van der Waals surface area contributed by atoms with E-state index >= 15 is 0 Å². The summed E-state index contributed by atoms with van der Waals surface area (Å²) in [6, 6.07) is 14.9. The molecule has 23 heavy (non-hydrogen) atoms. The average molecular weight is 346 g/mol. The Morgan fingerprint density at radius 1 is 1.13 bits per heavy atom. The smallest absolute Gasteiger partial charge is 0.177 e. The van der Waals surface area contributed by atoms with Crippen molar-refractivity contribution in [1.29, 1.82) is 0 Å². The molecule has 120 valence electrons. The van der Waals surface area contributed by atoms with Crippen molar-refractivity contribution in [2.75, 3.05) is 23.0 Å². The van der Waals surface area contributed by atoms with Crippen molar-refractivity contribution >= 4 is 38.5 Å². The van der Waals surface area contributed by atoms with Crippen molar-refractivity contribution < 1.29 is 8.42 Å². The lowest BCUT2D eigenvalue weighted by atomic mass is 10.0. The van der Waals surface area contributed by atoms with Gasteiger partial charge < -0.3 is 10.2 Å². The maximum Gasteiger partial charge on any atom is 0.177 e. The zero-order chi connectivity index (χ0) is 16.4. The molecule has 0 fully saturated rings. The molecule has 4 nitrogen and oxygen atoms in total. The third-order valence-corrected chi connectivity index (χ3v) is 5.34. The average Bonchev–Trinajstić information content (AvgIpc) is 2.54. The number of rotatable bonds is 2. The first kappa shape index (κ1) is 16.0. The van der Waals surface area contributed by atoms with Crippen LogP contribution in [0.25, 0.3) is 0 Å². The molecule has 1 N–H and O–H groups in total. The lowest BCUT2D eigenvalue weighted by Crippen LogP contribution is -2.38. The fourth-order valence-electron chi connectivity index (χ4n) is 2.72. The van der Waals surface area contributed by atoms with Gasteiger partial charge in [0, 0.05) is 24.2 Å². The first-order valence-electron chi connectivity index (χ1n) is 7.42. The van der Waals surface area contributed by atoms with Crippen LogP contribution in [0.2, 0.25) is 0 Å². The molecule has 1 aliphatic rings. The normalized spacial score (nSPS) is 14.2. The number of aryl methyl sites for hydroxylation is 1. The highest BCUT2D eigenvalue weighted by Gasteiger charge is 2.19. The summed E-state index contributed by atoms with van der Waals surface area (Å²) in [5.74, 6) is 0. The van der Waals surface area contributed by atoms with Gasteiger partial charge >= 0.3 is 0 Å². The van der Waals surface area contributed by atoms with Gasteiger partial charge in [-0.25, -0.2) is 8.42 Å². The first-order valence-corrected chi connectivity index (χ1v) is 9.72. The van der Waals surface area contributed by atoms with E-state index in [-0.39, 0.29) is 0 Å². The van der Waals surface area contributed by atoms with E-state index in [1.807, 2.05) is 12.1 Å². The fourth-order valence-corrected chi connectivity index (χ4v) is 3.66. The predicted molar refractivity (Wildman–Crippen MR) is 97.9 cm³/mol. The number of anilines is 2. The number of para-hydroxylation sites is 1. The molecule has 0 amide bonds. The van der Waals surface area contributed by atoms with E-state index in [1.54, 1.807) is 24.3 Å². The molecule has 2 aromatic rings. The van der Waals surface area contributed by atoms with E-state index in [0.717, 1.165) is 30.8 Å². The zero-order valence-corrected chi connectivity index (χ0v) is 14.5. The molecule has 1 heterocycles. The summed E-state index contributed by atoms with van der Waals surface area (Å²) in [6.45, 7) is 0.879. The molecule has 0 atom stereocenters. The Balaban J connectivity index is 1.78. The number of nitrogens with one attached hydrogen (secondary N) is 1. The number of nitrogens with zero attached hydrogens (tertiary/aromatic N) is 1. The Morgan fingerprint density at radius 3 is 2.52 bits per heavy atom. The predicted octanol–water partition coefficient (Wildman–Crippen LogP) is 3.24. The fraction of sp³-hybridized carbons (Fsp3) is 0.235. The van der Waals surface area contributed by atoms with Crippen LogP contribution < -0.4 is 10.2 Å². The molecule has 0 saturated heterocycles. The second-order valence-corrected chi connectivity index (χ2v) is 8.01. The Hall–Kier alpha value is -1.92. The quantitative estimate of drug-likeness (QED) is 0.846. The summed E-state index contributed by atoms with van der Waals surface area (Å²) in [5, 5.41) is 3.82. The van der Waals surface area contributed by atoms with Crippen molar-refractivity contribution in [3.8, 4) is 0 Å². The van der Waals surface area contributed by atoms with E-state index in [9.17, 15) is 8.42 Å². The summed E-state index contributed by atoms with van der Waals surface area (Å²) in [7, 11) is -3.18. The third kappa shape index (κ3) is 3.54. The van der Waals surface area contributed by atoms with Crippen LogP contribution in [0, 0.1) is 0 Å². The van der Waals surface area contributed by atoms with Gasteiger partial charge in [0.05, 0.1) is 4.90 Å². The summed E-state index contributed by atoms with van der Waals surface area (Å²) >= 11 is 5.54. The summed E-state index contributed by atoms with van der Waals surface area (Å²) in [4.78, 5) is 2.40. The zero-order valence-electron chi connectivity index (χ0n) is 12.8. The van der Waals surface area contributed by atoms with Crippen LogP contribution in [0.5, 0.6) is 0 Å². The molecule has 6 heteroatoms. The van der Waals surface area contributed by atoms with Crippen molar-refractivity contribution in [3.05, 3.63) is 54.1 Å². The highest BCUT2D eigenvalue weighted by Crippen LogP contribution is 2.27. The van der Waals surface area contributed by atoms with Crippen LogP contribution in [0.1, 0.15) is 12.0 Å². The van der Waals surface area contributed by atoms with Crippen LogP contribution in [0.4, 0.5) is 11.4 Å². The lowest BCUT2D eigenvalue weighted by Gasteiger charge is -2.31. The Bertz CT molecular complexity index is 830. The molecule has 0 aliphatic carbocycles. The van der Waals surface area contributed by atoms with E-state index in [4.69, 9.17) is 12.2 Å². The third-order valence-electron chi connectivity index (χ3n) is 3.89. The van der Waals surface area contributed by atoms with E-state index < -0.39 is 9.84 Å². The molecule has 1 aliphatic heterocycles. The van der Waals surface area contributed by atoms with Crippen LogP contribution in [0.3, 0.4) is 0 Å². The van der Waals surface area contributed by atoms with Crippen LogP contribution in [-0.4, -0.2) is 26.3 Å². The number of thiocarbonyl (C=S) groups is 1. The lowest BCUT2D eigenvalue weighted by molar-refractivity contribution is 0.602. The van der Waals surface area contributed by atoms with Gasteiger partial charge in [0.15, 0.2) is 14.9 Å². The SMILES string of the molecule is CS(=O)(=O)c1ccc(NC(=S)N2CCCc3ccccc32)cc1. The molecular formula is C17H18N2O2S2. The van der Waals surface area contributed by atoms with E-state index in [2.05, 4.69) is 22.3 Å². The van der Waals surface area contributed by atoms with Crippen LogP contribution >= 0.6 is 12.2 Å². The first-order chi connectivity index (χ1) is 10.9. The minimum absolute atomic E-state index is 0.303. The van der Waals surface area contributed by atoms with E-state index in [1.165, 1.54) is 11.8 Å². The minimum Gasteiger partial charge on any atom is -0.332 e. The van der Waals surface area contributed by atoms with Gasteiger partial charge in [-0.2, -0.15) is 0 Å². The summed E-state index contributed by atoms with van der Waals surface area (Å²) in [6.07, 6.45) is 3.33. The van der Waals surface area contributed by atoms with Gasteiger partial charge in [0.1, 0.15) is 0 Å². The molecule has 0 radical (unpaired) electrons. The molecular weight excluding hydrogens is 328 g/mol. The van der Waals surface area contributed by atoms with Gasteiger partial charge in [-0.05, 0) is 61.0 Å². The Morgan fingerprint density at radius 2 is 1.83 bits per heavy atom. The van der Waals surface area contributed by atoms with Crippen molar-refractivity contribution in [2.24, 2.45) is 0 Å². The highest BCUT2D eigenvalue weighted by atomic mass is 32.2. The van der Waals surface area contributed by atoms with Gasteiger partial charge in [-0.1, -0.05) is 18.2 Å². The maximum absolute atomic E-state index is 11.5. The van der Waals surface area contributed by atoms with Crippen molar-refractivity contribution in [1.82, 2.24) is 0 Å². The van der Waals surface area contributed by atoms with Crippen LogP contribution in [-0.2, 0) is 16.3 Å². The summed E-state index contributed by atoms with van der Waals surface area (Å²) < 4.78 is 23.0. The monoisotopic (exact) mass is 346 g/mol. The van der Waals surface area contributed by atoms with Crippen LogP contribution in [0.15, 0.2) is 53.4 Å². The molecule has 2 aromatic carbocycles. The van der Waals surface area contributed by atoms with Crippen molar-refractivity contribution in [2.45, 2.75) is 17.7 Å². The van der Waals surface area contributed by atoms with Gasteiger partial charge in [-0.15, -0.1) is 0 Å². The topological polar surface area (TPSA) is 49.4 Å². The second-order valence-electron chi connectivity index (χ2n) is 5.61. The van der Waals surface area contributed by atoms with Crippen molar-refractivity contribution in [3.63, 3.8) is 0 Å². The largest absolute Gasteiger partial charge is 0.332 e. The molecule has 0 saturated carbocycles. The van der Waals surface area contributed by atoms with E-state index in [0.29, 0.717) is 10.0 Å². The number of benzene rings is 2. The van der Waals surface area contributed by atoms with Gasteiger partial charge in [0.25, 0.3) is 0 Å². The second kappa shape index (κ2) is 6.29. The Kier molecular flexibility index (Phi) is 4.37. The number of hydrogen-bond acceptors (Lipinski definition) is 3. The minimum atomic E-state index is -3.18. The summed E-state index contributed by atoms with van der Waals surface area (Å²) in [5.41, 5.74) is 3.23. The molecule has 0 spiro atoms. The number of sulfone groups is 1. The van der Waals surface area contributed by atoms with Gasteiger partial charge in [0.2, 0.25) is 0 Å². The number of hydrogen-bond donors (Lipinski definition) is 1. The molecule has 0 aromatic heterocycles. The Labute approximate surface area is 142 Å².